The molecule has 0 aliphatic carbocycles. The lowest BCUT2D eigenvalue weighted by Crippen LogP contribution is -2.27. The van der Waals surface area contributed by atoms with Gasteiger partial charge < -0.3 is 10.6 Å². The number of para-hydroxylation sites is 1. The minimum Gasteiger partial charge on any atom is -0.384 e. The van der Waals surface area contributed by atoms with Crippen LogP contribution in [-0.4, -0.2) is 19.0 Å². The molecule has 0 heterocycles. The summed E-state index contributed by atoms with van der Waals surface area (Å²) in [4.78, 5) is 11.9. The zero-order valence-corrected chi connectivity index (χ0v) is 14.1. The van der Waals surface area contributed by atoms with Crippen molar-refractivity contribution in [1.82, 2.24) is 5.32 Å². The predicted octanol–water partition coefficient (Wildman–Crippen LogP) is 3.72. The van der Waals surface area contributed by atoms with Gasteiger partial charge in [-0.05, 0) is 36.5 Å². The fourth-order valence-corrected chi connectivity index (χ4v) is 2.66. The van der Waals surface area contributed by atoms with Crippen molar-refractivity contribution in [1.29, 1.82) is 0 Å². The largest absolute Gasteiger partial charge is 0.384 e. The summed E-state index contributed by atoms with van der Waals surface area (Å²) in [6, 6.07) is 16.5. The van der Waals surface area contributed by atoms with Gasteiger partial charge in [-0.25, -0.2) is 0 Å². The molecule has 0 atom stereocenters. The van der Waals surface area contributed by atoms with E-state index in [2.05, 4.69) is 54.8 Å². The highest BCUT2D eigenvalue weighted by Gasteiger charge is 2.05. The van der Waals surface area contributed by atoms with Crippen LogP contribution in [0.25, 0.3) is 0 Å². The average molecular weight is 310 g/mol. The molecule has 2 aromatic carbocycles. The van der Waals surface area contributed by atoms with Crippen molar-refractivity contribution < 1.29 is 4.79 Å². The standard InChI is InChI=1S/C20H26N2O/c1-3-18-11-7-8-16(2)20(18)22-15-13-19(23)21-14-12-17-9-5-4-6-10-17/h4-11,22H,3,12-15H2,1-2H3,(H,21,23). The van der Waals surface area contributed by atoms with Crippen LogP contribution in [-0.2, 0) is 17.6 Å². The van der Waals surface area contributed by atoms with Crippen molar-refractivity contribution in [2.24, 2.45) is 0 Å². The van der Waals surface area contributed by atoms with E-state index in [0.29, 0.717) is 19.5 Å². The van der Waals surface area contributed by atoms with Gasteiger partial charge in [0.2, 0.25) is 5.91 Å². The van der Waals surface area contributed by atoms with Gasteiger partial charge in [0.15, 0.2) is 0 Å². The average Bonchev–Trinajstić information content (AvgIpc) is 2.57. The molecule has 1 amide bonds. The van der Waals surface area contributed by atoms with Gasteiger partial charge in [0.25, 0.3) is 0 Å². The van der Waals surface area contributed by atoms with Gasteiger partial charge >= 0.3 is 0 Å². The summed E-state index contributed by atoms with van der Waals surface area (Å²) in [5.74, 6) is 0.0973. The van der Waals surface area contributed by atoms with Crippen LogP contribution in [0.5, 0.6) is 0 Å². The molecule has 0 radical (unpaired) electrons. The Bertz CT molecular complexity index is 623. The zero-order chi connectivity index (χ0) is 16.5. The minimum absolute atomic E-state index is 0.0973. The molecule has 2 aromatic rings. The summed E-state index contributed by atoms with van der Waals surface area (Å²) in [5.41, 5.74) is 4.95. The van der Waals surface area contributed by atoms with E-state index in [1.165, 1.54) is 22.4 Å². The van der Waals surface area contributed by atoms with E-state index in [-0.39, 0.29) is 5.91 Å². The molecule has 0 fully saturated rings. The molecule has 2 rings (SSSR count). The van der Waals surface area contributed by atoms with E-state index in [9.17, 15) is 4.79 Å². The molecule has 0 aliphatic heterocycles. The molecule has 0 bridgehead atoms. The lowest BCUT2D eigenvalue weighted by atomic mass is 10.1. The maximum Gasteiger partial charge on any atom is 0.221 e. The molecular weight excluding hydrogens is 284 g/mol. The summed E-state index contributed by atoms with van der Waals surface area (Å²) >= 11 is 0. The zero-order valence-electron chi connectivity index (χ0n) is 14.1. The fraction of sp³-hybridized carbons (Fsp3) is 0.350. The molecule has 122 valence electrons. The first-order valence-corrected chi connectivity index (χ1v) is 8.33. The Balaban J connectivity index is 1.71. The molecule has 0 unspecified atom stereocenters. The van der Waals surface area contributed by atoms with E-state index in [4.69, 9.17) is 0 Å². The highest BCUT2D eigenvalue weighted by atomic mass is 16.1. The molecular formula is C20H26N2O. The molecule has 0 aromatic heterocycles. The van der Waals surface area contributed by atoms with Gasteiger partial charge in [-0.3, -0.25) is 4.79 Å². The van der Waals surface area contributed by atoms with Gasteiger partial charge in [-0.1, -0.05) is 55.5 Å². The second-order valence-corrected chi connectivity index (χ2v) is 5.72. The highest BCUT2D eigenvalue weighted by molar-refractivity contribution is 5.76. The lowest BCUT2D eigenvalue weighted by molar-refractivity contribution is -0.120. The van der Waals surface area contributed by atoms with E-state index in [1.54, 1.807) is 0 Å². The number of hydrogen-bond acceptors (Lipinski definition) is 2. The van der Waals surface area contributed by atoms with Crippen molar-refractivity contribution in [2.45, 2.75) is 33.1 Å². The Morgan fingerprint density at radius 1 is 1.00 bits per heavy atom. The summed E-state index contributed by atoms with van der Waals surface area (Å²) in [6.45, 7) is 5.60. The molecule has 0 saturated carbocycles. The Morgan fingerprint density at radius 3 is 2.52 bits per heavy atom. The number of hydrogen-bond donors (Lipinski definition) is 2. The minimum atomic E-state index is 0.0973. The first kappa shape index (κ1) is 17.1. The third kappa shape index (κ3) is 5.44. The lowest BCUT2D eigenvalue weighted by Gasteiger charge is -2.14. The molecule has 2 N–H and O–H groups in total. The molecule has 3 heteroatoms. The van der Waals surface area contributed by atoms with Gasteiger partial charge in [0.1, 0.15) is 0 Å². The quantitative estimate of drug-likeness (QED) is 0.780. The molecule has 0 saturated heterocycles. The van der Waals surface area contributed by atoms with E-state index in [1.807, 2.05) is 18.2 Å². The number of benzene rings is 2. The normalized spacial score (nSPS) is 10.3. The third-order valence-corrected chi connectivity index (χ3v) is 3.97. The Morgan fingerprint density at radius 2 is 1.78 bits per heavy atom. The van der Waals surface area contributed by atoms with Crippen LogP contribution < -0.4 is 10.6 Å². The van der Waals surface area contributed by atoms with Gasteiger partial charge in [0.05, 0.1) is 0 Å². The van der Waals surface area contributed by atoms with Crippen molar-refractivity contribution in [3.8, 4) is 0 Å². The third-order valence-electron chi connectivity index (χ3n) is 3.97. The number of anilines is 1. The van der Waals surface area contributed by atoms with E-state index < -0.39 is 0 Å². The number of carbonyl (C=O) groups excluding carboxylic acids is 1. The number of amides is 1. The maximum atomic E-state index is 11.9. The number of rotatable bonds is 8. The number of aryl methyl sites for hydroxylation is 2. The fourth-order valence-electron chi connectivity index (χ4n) is 2.66. The summed E-state index contributed by atoms with van der Waals surface area (Å²) in [6.07, 6.45) is 2.36. The van der Waals surface area contributed by atoms with Crippen LogP contribution in [0.1, 0.15) is 30.0 Å². The highest BCUT2D eigenvalue weighted by Crippen LogP contribution is 2.20. The molecule has 3 nitrogen and oxygen atoms in total. The van der Waals surface area contributed by atoms with Crippen molar-refractivity contribution in [3.05, 3.63) is 65.2 Å². The van der Waals surface area contributed by atoms with Crippen molar-refractivity contribution in [2.75, 3.05) is 18.4 Å². The topological polar surface area (TPSA) is 41.1 Å². The maximum absolute atomic E-state index is 11.9. The first-order chi connectivity index (χ1) is 11.2. The second-order valence-electron chi connectivity index (χ2n) is 5.72. The van der Waals surface area contributed by atoms with E-state index >= 15 is 0 Å². The van der Waals surface area contributed by atoms with Crippen LogP contribution in [0.4, 0.5) is 5.69 Å². The Hall–Kier alpha value is -2.29. The van der Waals surface area contributed by atoms with Gasteiger partial charge in [0, 0.05) is 25.2 Å². The van der Waals surface area contributed by atoms with Crippen LogP contribution in [0.2, 0.25) is 0 Å². The Kier molecular flexibility index (Phi) is 6.67. The molecule has 0 spiro atoms. The second kappa shape index (κ2) is 8.99. The number of nitrogens with one attached hydrogen (secondary N) is 2. The van der Waals surface area contributed by atoms with Crippen LogP contribution in [0.3, 0.4) is 0 Å². The SMILES string of the molecule is CCc1cccc(C)c1NCCC(=O)NCCc1ccccc1. The molecule has 0 aliphatic rings. The van der Waals surface area contributed by atoms with Crippen LogP contribution >= 0.6 is 0 Å². The molecule has 23 heavy (non-hydrogen) atoms. The van der Waals surface area contributed by atoms with Gasteiger partial charge in [-0.15, -0.1) is 0 Å². The van der Waals surface area contributed by atoms with Crippen molar-refractivity contribution in [3.63, 3.8) is 0 Å². The predicted molar refractivity (Wildman–Crippen MR) is 96.8 cm³/mol. The van der Waals surface area contributed by atoms with Crippen molar-refractivity contribution >= 4 is 11.6 Å². The van der Waals surface area contributed by atoms with E-state index in [0.717, 1.165) is 12.8 Å². The summed E-state index contributed by atoms with van der Waals surface area (Å²) in [7, 11) is 0. The Labute approximate surface area is 139 Å². The first-order valence-electron chi connectivity index (χ1n) is 8.33. The smallest absolute Gasteiger partial charge is 0.221 e. The summed E-state index contributed by atoms with van der Waals surface area (Å²) in [5, 5.41) is 6.39. The number of carbonyl (C=O) groups is 1. The monoisotopic (exact) mass is 310 g/mol. The summed E-state index contributed by atoms with van der Waals surface area (Å²) < 4.78 is 0. The van der Waals surface area contributed by atoms with Crippen LogP contribution in [0.15, 0.2) is 48.5 Å². The van der Waals surface area contributed by atoms with Gasteiger partial charge in [-0.2, -0.15) is 0 Å². The van der Waals surface area contributed by atoms with Crippen LogP contribution in [0, 0.1) is 6.92 Å².